The average molecular weight is 597 g/mol. The predicted octanol–water partition coefficient (Wildman–Crippen LogP) is -2.80. The Balaban J connectivity index is 5.02. The molecule has 0 rings (SSSR count). The number of nitrogens with two attached hydrogens (primary N) is 2. The van der Waals surface area contributed by atoms with Gasteiger partial charge in [0, 0.05) is 56.4 Å². The Morgan fingerprint density at radius 3 is 1.97 bits per heavy atom. The summed E-state index contributed by atoms with van der Waals surface area (Å²) in [6.07, 6.45) is -0.163. The van der Waals surface area contributed by atoms with Crippen LogP contribution in [0.1, 0.15) is 25.7 Å². The van der Waals surface area contributed by atoms with E-state index in [0.29, 0.717) is 36.8 Å². The lowest BCUT2D eigenvalue weighted by molar-refractivity contribution is -0.140. The lowest BCUT2D eigenvalue weighted by Crippen LogP contribution is -2.51. The van der Waals surface area contributed by atoms with Crippen molar-refractivity contribution < 1.29 is 29.1 Å². The topological polar surface area (TPSA) is 221 Å². The second kappa shape index (κ2) is 21.6. The molecule has 0 radical (unpaired) electrons. The number of carboxylic acid groups (broad SMARTS) is 1. The lowest BCUT2D eigenvalue weighted by Gasteiger charge is -2.23. The number of hydrogen-bond donors (Lipinski definition) is 10. The fraction of sp³-hybridized carbons (Fsp3) is 0.714. The zero-order valence-corrected chi connectivity index (χ0v) is 23.9. The van der Waals surface area contributed by atoms with Gasteiger partial charge in [0.25, 0.3) is 0 Å². The molecular weight excluding hydrogens is 556 g/mol. The first-order valence-corrected chi connectivity index (χ1v) is 13.9. The van der Waals surface area contributed by atoms with E-state index in [2.05, 4.69) is 64.1 Å². The van der Waals surface area contributed by atoms with Crippen molar-refractivity contribution >= 4 is 73.4 Å². The highest BCUT2D eigenvalue weighted by Gasteiger charge is 2.24. The highest BCUT2D eigenvalue weighted by molar-refractivity contribution is 7.80. The van der Waals surface area contributed by atoms with E-state index >= 15 is 0 Å². The van der Waals surface area contributed by atoms with Crippen LogP contribution in [0.15, 0.2) is 4.99 Å². The minimum atomic E-state index is -1.27. The molecule has 0 fully saturated rings. The third kappa shape index (κ3) is 18.0. The molecule has 14 nitrogen and oxygen atoms in total. The molecule has 2 atom stereocenters. The number of aliphatic imine (C=N–C) groups is 1. The van der Waals surface area contributed by atoms with Crippen LogP contribution in [0.2, 0.25) is 0 Å². The second-order valence-electron chi connectivity index (χ2n) is 8.07. The molecule has 0 bridgehead atoms. The monoisotopic (exact) mass is 596 g/mol. The first kappa shape index (κ1) is 35.6. The van der Waals surface area contributed by atoms with Crippen molar-refractivity contribution in [2.45, 2.75) is 37.8 Å². The fourth-order valence-electron chi connectivity index (χ4n) is 3.14. The second-order valence-corrected chi connectivity index (χ2v) is 9.41. The molecule has 4 amide bonds. The van der Waals surface area contributed by atoms with Gasteiger partial charge in [-0.15, -0.1) is 0 Å². The van der Waals surface area contributed by atoms with Gasteiger partial charge < -0.3 is 37.8 Å². The Morgan fingerprint density at radius 2 is 1.42 bits per heavy atom. The van der Waals surface area contributed by atoms with Crippen molar-refractivity contribution in [2.75, 3.05) is 56.5 Å². The number of guanidine groups is 1. The molecule has 0 aromatic carbocycles. The fourth-order valence-corrected chi connectivity index (χ4v) is 3.82. The largest absolute Gasteiger partial charge is 0.481 e. The van der Waals surface area contributed by atoms with Gasteiger partial charge in [-0.25, -0.2) is 0 Å². The normalized spacial score (nSPS) is 12.2. The Kier molecular flexibility index (Phi) is 20.2. The van der Waals surface area contributed by atoms with Gasteiger partial charge in [-0.1, -0.05) is 0 Å². The van der Waals surface area contributed by atoms with Crippen LogP contribution in [-0.4, -0.2) is 114 Å². The summed E-state index contributed by atoms with van der Waals surface area (Å²) >= 11 is 12.3. The summed E-state index contributed by atoms with van der Waals surface area (Å²) in [7, 11) is 0. The van der Waals surface area contributed by atoms with E-state index < -0.39 is 42.2 Å². The number of rotatable bonds is 21. The van der Waals surface area contributed by atoms with Gasteiger partial charge in [0.2, 0.25) is 23.6 Å². The zero-order chi connectivity index (χ0) is 28.9. The Hall–Kier alpha value is -2.37. The maximum atomic E-state index is 12.8. The molecule has 0 aliphatic rings. The van der Waals surface area contributed by atoms with E-state index in [9.17, 15) is 24.0 Å². The van der Waals surface area contributed by atoms with Crippen LogP contribution in [0.25, 0.3) is 0 Å². The molecule has 0 saturated heterocycles. The van der Waals surface area contributed by atoms with Crippen molar-refractivity contribution in [1.29, 1.82) is 0 Å². The first-order chi connectivity index (χ1) is 18.0. The van der Waals surface area contributed by atoms with Gasteiger partial charge in [0.15, 0.2) is 5.96 Å². The van der Waals surface area contributed by atoms with Crippen LogP contribution in [0.3, 0.4) is 0 Å². The summed E-state index contributed by atoms with van der Waals surface area (Å²) < 4.78 is 0. The Labute approximate surface area is 239 Å². The molecule has 0 spiro atoms. The quantitative estimate of drug-likeness (QED) is 0.0286. The highest BCUT2D eigenvalue weighted by Crippen LogP contribution is 2.01. The number of carbonyl (C=O) groups excluding carboxylic acids is 4. The third-order valence-corrected chi connectivity index (χ3v) is 5.51. The number of hydrogen-bond acceptors (Lipinski definition) is 10. The maximum absolute atomic E-state index is 12.8. The summed E-state index contributed by atoms with van der Waals surface area (Å²) in [5.41, 5.74) is 10.6. The molecular formula is C21H40N8O6S3. The molecule has 38 heavy (non-hydrogen) atoms. The van der Waals surface area contributed by atoms with Crippen LogP contribution in [0, 0.1) is 0 Å². The van der Waals surface area contributed by atoms with E-state index in [4.69, 9.17) is 16.6 Å². The molecule has 0 aromatic rings. The van der Waals surface area contributed by atoms with E-state index in [1.165, 1.54) is 0 Å². The third-order valence-electron chi connectivity index (χ3n) is 4.89. The van der Waals surface area contributed by atoms with Gasteiger partial charge in [-0.05, 0) is 12.8 Å². The number of carbonyl (C=O) groups is 5. The van der Waals surface area contributed by atoms with Gasteiger partial charge >= 0.3 is 5.97 Å². The molecule has 9 N–H and O–H groups in total. The molecule has 0 unspecified atom stereocenters. The number of carboxylic acids is 1. The Bertz CT molecular complexity index is 795. The van der Waals surface area contributed by atoms with Crippen LogP contribution in [0.5, 0.6) is 0 Å². The van der Waals surface area contributed by atoms with Crippen molar-refractivity contribution in [3.8, 4) is 0 Å². The van der Waals surface area contributed by atoms with E-state index in [1.807, 2.05) is 4.90 Å². The minimum Gasteiger partial charge on any atom is -0.481 e. The van der Waals surface area contributed by atoms with E-state index in [1.54, 1.807) is 0 Å². The van der Waals surface area contributed by atoms with E-state index in [0.717, 1.165) is 0 Å². The van der Waals surface area contributed by atoms with Crippen molar-refractivity contribution in [3.63, 3.8) is 0 Å². The number of nitrogens with one attached hydrogen (secondary N) is 4. The van der Waals surface area contributed by atoms with Gasteiger partial charge in [-0.3, -0.25) is 33.9 Å². The van der Waals surface area contributed by atoms with Gasteiger partial charge in [0.05, 0.1) is 13.0 Å². The summed E-state index contributed by atoms with van der Waals surface area (Å²) in [5, 5.41) is 19.1. The molecule has 17 heteroatoms. The minimum absolute atomic E-state index is 0.0570. The molecule has 0 aliphatic heterocycles. The molecule has 0 saturated carbocycles. The molecule has 0 aliphatic carbocycles. The number of nitrogens with zero attached hydrogens (tertiary/aromatic N) is 2. The molecule has 218 valence electrons. The Morgan fingerprint density at radius 1 is 0.842 bits per heavy atom. The average Bonchev–Trinajstić information content (AvgIpc) is 2.83. The van der Waals surface area contributed by atoms with Crippen LogP contribution in [-0.2, 0) is 24.0 Å². The summed E-state index contributed by atoms with van der Waals surface area (Å²) in [5.74, 6) is -2.05. The maximum Gasteiger partial charge on any atom is 0.305 e. The van der Waals surface area contributed by atoms with Gasteiger partial charge in [0.1, 0.15) is 12.1 Å². The summed E-state index contributed by atoms with van der Waals surface area (Å²) in [6, 6.07) is -2.17. The standard InChI is InChI=1S/C21H40N8O6S3/c22-21(23)26-4-1-2-14(27-17(31)13-29(7-10-37)8-11-38)19(34)24-5-3-16(30)28-15(12-18(32)33)20(35)25-6-9-36/h14-15,36-38H,1-13H2,(H,24,34)(H,25,35)(H,27,31)(H,28,30)(H,32,33)(H4,22,23,26)/t14-,15-/m0/s1. The predicted molar refractivity (Wildman–Crippen MR) is 155 cm³/mol. The van der Waals surface area contributed by atoms with Crippen LogP contribution in [0.4, 0.5) is 0 Å². The van der Waals surface area contributed by atoms with Crippen molar-refractivity contribution in [2.24, 2.45) is 16.5 Å². The number of aliphatic carboxylic acids is 1. The zero-order valence-electron chi connectivity index (χ0n) is 21.2. The molecule has 0 aromatic heterocycles. The van der Waals surface area contributed by atoms with Crippen molar-refractivity contribution in [1.82, 2.24) is 26.2 Å². The highest BCUT2D eigenvalue weighted by atomic mass is 32.1. The lowest BCUT2D eigenvalue weighted by atomic mass is 10.1. The smallest absolute Gasteiger partial charge is 0.305 e. The summed E-state index contributed by atoms with van der Waals surface area (Å²) in [4.78, 5) is 66.5. The van der Waals surface area contributed by atoms with Crippen molar-refractivity contribution in [3.05, 3.63) is 0 Å². The summed E-state index contributed by atoms with van der Waals surface area (Å²) in [6.45, 7) is 1.57. The number of amides is 4. The van der Waals surface area contributed by atoms with Crippen LogP contribution < -0.4 is 32.7 Å². The molecule has 0 heterocycles. The number of thiol groups is 3. The first-order valence-electron chi connectivity index (χ1n) is 12.0. The van der Waals surface area contributed by atoms with Gasteiger partial charge in [-0.2, -0.15) is 37.9 Å². The van der Waals surface area contributed by atoms with E-state index in [-0.39, 0.29) is 50.9 Å². The SMILES string of the molecule is NC(N)=NCCC[C@H](NC(=O)CN(CCS)CCS)C(=O)NCCC(=O)N[C@@H](CC(=O)O)C(=O)NCCS. The van der Waals surface area contributed by atoms with Crippen LogP contribution >= 0.6 is 37.9 Å².